The van der Waals surface area contributed by atoms with Crippen molar-refractivity contribution in [2.75, 3.05) is 11.9 Å². The van der Waals surface area contributed by atoms with Crippen LogP contribution in [0.3, 0.4) is 0 Å². The van der Waals surface area contributed by atoms with Crippen LogP contribution in [0.4, 0.5) is 5.82 Å². The van der Waals surface area contributed by atoms with Gasteiger partial charge in [-0.15, -0.1) is 0 Å². The first kappa shape index (κ1) is 10.8. The van der Waals surface area contributed by atoms with Gasteiger partial charge in [-0.3, -0.25) is 4.79 Å². The second kappa shape index (κ2) is 5.42. The summed E-state index contributed by atoms with van der Waals surface area (Å²) in [6.07, 6.45) is 3.71. The van der Waals surface area contributed by atoms with Crippen molar-refractivity contribution in [3.63, 3.8) is 0 Å². The fourth-order valence-corrected chi connectivity index (χ4v) is 1.29. The Hall–Kier alpha value is -1.32. The third kappa shape index (κ3) is 3.20. The number of aromatic nitrogens is 2. The van der Waals surface area contributed by atoms with Crippen LogP contribution < -0.4 is 10.9 Å². The summed E-state index contributed by atoms with van der Waals surface area (Å²) in [5, 5.41) is 3.16. The van der Waals surface area contributed by atoms with Crippen molar-refractivity contribution in [2.24, 2.45) is 5.92 Å². The molecule has 0 spiro atoms. The molecule has 1 rings (SSSR count). The van der Waals surface area contributed by atoms with E-state index in [4.69, 9.17) is 0 Å². The third-order valence-electron chi connectivity index (χ3n) is 2.40. The molecule has 0 atom stereocenters. The van der Waals surface area contributed by atoms with Crippen molar-refractivity contribution in [1.82, 2.24) is 9.97 Å². The lowest BCUT2D eigenvalue weighted by atomic mass is 10.0. The summed E-state index contributed by atoms with van der Waals surface area (Å²) in [4.78, 5) is 17.4. The van der Waals surface area contributed by atoms with Crippen LogP contribution >= 0.6 is 0 Å². The summed E-state index contributed by atoms with van der Waals surface area (Å²) in [6.45, 7) is 5.21. The van der Waals surface area contributed by atoms with Gasteiger partial charge in [-0.25, -0.2) is 4.98 Å². The monoisotopic (exact) mass is 195 g/mol. The van der Waals surface area contributed by atoms with Gasteiger partial charge < -0.3 is 10.3 Å². The normalized spacial score (nSPS) is 10.5. The van der Waals surface area contributed by atoms with Gasteiger partial charge in [-0.05, 0) is 5.92 Å². The van der Waals surface area contributed by atoms with E-state index in [2.05, 4.69) is 29.1 Å². The highest BCUT2D eigenvalue weighted by molar-refractivity contribution is 5.31. The molecule has 0 amide bonds. The van der Waals surface area contributed by atoms with Crippen molar-refractivity contribution < 1.29 is 0 Å². The van der Waals surface area contributed by atoms with Crippen molar-refractivity contribution in [2.45, 2.75) is 26.7 Å². The van der Waals surface area contributed by atoms with Gasteiger partial charge in [-0.1, -0.05) is 26.7 Å². The van der Waals surface area contributed by atoms with Gasteiger partial charge >= 0.3 is 0 Å². The Morgan fingerprint density at radius 2 is 2.21 bits per heavy atom. The number of hydrogen-bond acceptors (Lipinski definition) is 3. The number of hydrogen-bond donors (Lipinski definition) is 2. The lowest BCUT2D eigenvalue weighted by Gasteiger charge is -2.12. The first-order valence-corrected chi connectivity index (χ1v) is 5.04. The second-order valence-electron chi connectivity index (χ2n) is 3.36. The molecule has 1 heterocycles. The maximum absolute atomic E-state index is 10.9. The minimum Gasteiger partial charge on any atom is -0.370 e. The van der Waals surface area contributed by atoms with E-state index in [0.717, 1.165) is 19.4 Å². The molecule has 0 saturated heterocycles. The summed E-state index contributed by atoms with van der Waals surface area (Å²) < 4.78 is 0. The first-order valence-electron chi connectivity index (χ1n) is 5.04. The molecule has 0 fully saturated rings. The summed E-state index contributed by atoms with van der Waals surface area (Å²) in [6, 6.07) is 1.47. The van der Waals surface area contributed by atoms with E-state index in [1.807, 2.05) is 0 Å². The second-order valence-corrected chi connectivity index (χ2v) is 3.36. The maximum atomic E-state index is 10.9. The fourth-order valence-electron chi connectivity index (χ4n) is 1.29. The van der Waals surface area contributed by atoms with Crippen molar-refractivity contribution in [3.8, 4) is 0 Å². The van der Waals surface area contributed by atoms with Gasteiger partial charge in [0.25, 0.3) is 5.56 Å². The number of aromatic amines is 1. The highest BCUT2D eigenvalue weighted by atomic mass is 16.1. The Balaban J connectivity index is 2.49. The Bertz CT molecular complexity index is 317. The van der Waals surface area contributed by atoms with Crippen LogP contribution in [0, 0.1) is 5.92 Å². The molecule has 0 aliphatic heterocycles. The molecule has 0 unspecified atom stereocenters. The SMILES string of the molecule is CCC(CC)CNc1cc(=O)[nH]cn1. The van der Waals surface area contributed by atoms with Crippen LogP contribution in [-0.4, -0.2) is 16.5 Å². The molecule has 0 aliphatic carbocycles. The molecule has 0 bridgehead atoms. The zero-order valence-electron chi connectivity index (χ0n) is 8.71. The van der Waals surface area contributed by atoms with Crippen LogP contribution in [0.1, 0.15) is 26.7 Å². The van der Waals surface area contributed by atoms with E-state index < -0.39 is 0 Å². The highest BCUT2D eigenvalue weighted by Gasteiger charge is 2.03. The van der Waals surface area contributed by atoms with Crippen LogP contribution in [-0.2, 0) is 0 Å². The largest absolute Gasteiger partial charge is 0.370 e. The molecule has 0 aromatic carbocycles. The number of anilines is 1. The standard InChI is InChI=1S/C10H17N3O/c1-3-8(4-2)6-11-9-5-10(14)13-7-12-9/h5,7-8H,3-4,6H2,1-2H3,(H2,11,12,13,14). The molecule has 78 valence electrons. The van der Waals surface area contributed by atoms with Gasteiger partial charge in [0, 0.05) is 12.6 Å². The molecule has 0 saturated carbocycles. The molecule has 14 heavy (non-hydrogen) atoms. The average molecular weight is 195 g/mol. The van der Waals surface area contributed by atoms with E-state index in [-0.39, 0.29) is 5.56 Å². The van der Waals surface area contributed by atoms with Gasteiger partial charge in [0.05, 0.1) is 6.33 Å². The Morgan fingerprint density at radius 1 is 1.50 bits per heavy atom. The molecular formula is C10H17N3O. The molecule has 1 aromatic heterocycles. The third-order valence-corrected chi connectivity index (χ3v) is 2.40. The first-order chi connectivity index (χ1) is 6.76. The minimum atomic E-state index is -0.118. The van der Waals surface area contributed by atoms with Crippen LogP contribution in [0.15, 0.2) is 17.2 Å². The van der Waals surface area contributed by atoms with E-state index in [1.165, 1.54) is 12.4 Å². The lowest BCUT2D eigenvalue weighted by molar-refractivity contribution is 0.518. The van der Waals surface area contributed by atoms with E-state index >= 15 is 0 Å². The lowest BCUT2D eigenvalue weighted by Crippen LogP contribution is -2.15. The molecule has 4 nitrogen and oxygen atoms in total. The number of nitrogens with zero attached hydrogens (tertiary/aromatic N) is 1. The van der Waals surface area contributed by atoms with E-state index in [9.17, 15) is 4.79 Å². The quantitative estimate of drug-likeness (QED) is 0.750. The van der Waals surface area contributed by atoms with E-state index in [0.29, 0.717) is 11.7 Å². The predicted molar refractivity (Wildman–Crippen MR) is 57.4 cm³/mol. The fraction of sp³-hybridized carbons (Fsp3) is 0.600. The van der Waals surface area contributed by atoms with Gasteiger partial charge in [-0.2, -0.15) is 0 Å². The number of rotatable bonds is 5. The smallest absolute Gasteiger partial charge is 0.252 e. The average Bonchev–Trinajstić information content (AvgIpc) is 2.19. The Kier molecular flexibility index (Phi) is 4.16. The van der Waals surface area contributed by atoms with Gasteiger partial charge in [0.2, 0.25) is 0 Å². The topological polar surface area (TPSA) is 57.8 Å². The van der Waals surface area contributed by atoms with Gasteiger partial charge in [0.15, 0.2) is 0 Å². The zero-order chi connectivity index (χ0) is 10.4. The van der Waals surface area contributed by atoms with Crippen molar-refractivity contribution in [1.29, 1.82) is 0 Å². The maximum Gasteiger partial charge on any atom is 0.252 e. The molecule has 0 radical (unpaired) electrons. The summed E-state index contributed by atoms with van der Waals surface area (Å²) >= 11 is 0. The summed E-state index contributed by atoms with van der Waals surface area (Å²) in [5.41, 5.74) is -0.118. The predicted octanol–water partition coefficient (Wildman–Crippen LogP) is 1.62. The Labute approximate surface area is 83.8 Å². The molecule has 0 aliphatic rings. The van der Waals surface area contributed by atoms with Crippen LogP contribution in [0.2, 0.25) is 0 Å². The molecular weight excluding hydrogens is 178 g/mol. The highest BCUT2D eigenvalue weighted by Crippen LogP contribution is 2.07. The van der Waals surface area contributed by atoms with Crippen LogP contribution in [0.25, 0.3) is 0 Å². The summed E-state index contributed by atoms with van der Waals surface area (Å²) in [5.74, 6) is 1.30. The number of H-pyrrole nitrogens is 1. The Morgan fingerprint density at radius 3 is 2.79 bits per heavy atom. The zero-order valence-corrected chi connectivity index (χ0v) is 8.71. The molecule has 1 aromatic rings. The van der Waals surface area contributed by atoms with Gasteiger partial charge in [0.1, 0.15) is 5.82 Å². The molecule has 4 heteroatoms. The summed E-state index contributed by atoms with van der Waals surface area (Å²) in [7, 11) is 0. The van der Waals surface area contributed by atoms with Crippen LogP contribution in [0.5, 0.6) is 0 Å². The van der Waals surface area contributed by atoms with Crippen molar-refractivity contribution in [3.05, 3.63) is 22.7 Å². The number of nitrogens with one attached hydrogen (secondary N) is 2. The van der Waals surface area contributed by atoms with E-state index in [1.54, 1.807) is 0 Å². The minimum absolute atomic E-state index is 0.118. The van der Waals surface area contributed by atoms with Crippen molar-refractivity contribution >= 4 is 5.82 Å². The molecule has 2 N–H and O–H groups in total.